The van der Waals surface area contributed by atoms with E-state index in [0.29, 0.717) is 11.8 Å². The van der Waals surface area contributed by atoms with Crippen LogP contribution in [-0.2, 0) is 35.6 Å². The number of hydrogen-bond acceptors (Lipinski definition) is 3. The highest BCUT2D eigenvalue weighted by molar-refractivity contribution is 7.91. The smallest absolute Gasteiger partial charge is 0.305 e. The van der Waals surface area contributed by atoms with Crippen LogP contribution in [0.15, 0.2) is 39.6 Å². The summed E-state index contributed by atoms with van der Waals surface area (Å²) >= 11 is 0. The minimum atomic E-state index is -3.44. The molecule has 0 saturated heterocycles. The molecule has 0 aromatic heterocycles. The molecule has 2 amide bonds. The van der Waals surface area contributed by atoms with E-state index in [1.165, 1.54) is 34.4 Å². The molecule has 2 aromatic carbocycles. The SMILES string of the molecule is NS(=O)(=NC(=O)Nc1c2c(cc3c1CCC3)CCC2)c1cccc(C=O)c1. The number of carbonyl (C=O) groups is 2. The highest BCUT2D eigenvalue weighted by Gasteiger charge is 2.25. The van der Waals surface area contributed by atoms with Gasteiger partial charge in [-0.25, -0.2) is 14.1 Å². The van der Waals surface area contributed by atoms with Crippen molar-refractivity contribution in [3.05, 3.63) is 58.1 Å². The number of benzene rings is 2. The first-order valence-corrected chi connectivity index (χ1v) is 10.6. The molecular weight excluding hydrogens is 362 g/mol. The Balaban J connectivity index is 1.68. The Kier molecular flexibility index (Phi) is 4.57. The quantitative estimate of drug-likeness (QED) is 0.794. The highest BCUT2D eigenvalue weighted by Crippen LogP contribution is 2.38. The van der Waals surface area contributed by atoms with Crippen molar-refractivity contribution in [3.8, 4) is 0 Å². The number of aryl methyl sites for hydroxylation is 2. The number of nitrogens with zero attached hydrogens (tertiary/aromatic N) is 1. The largest absolute Gasteiger partial charge is 0.354 e. The van der Waals surface area contributed by atoms with Crippen molar-refractivity contribution in [2.75, 3.05) is 5.32 Å². The van der Waals surface area contributed by atoms with Crippen molar-refractivity contribution in [3.63, 3.8) is 0 Å². The number of fused-ring (bicyclic) bond motifs is 2. The summed E-state index contributed by atoms with van der Waals surface area (Å²) in [7, 11) is -3.44. The summed E-state index contributed by atoms with van der Waals surface area (Å²) in [6.07, 6.45) is 6.68. The topological polar surface area (TPSA) is 102 Å². The van der Waals surface area contributed by atoms with E-state index in [1.54, 1.807) is 12.1 Å². The van der Waals surface area contributed by atoms with Gasteiger partial charge in [-0.15, -0.1) is 4.36 Å². The number of aldehydes is 1. The molecule has 0 spiro atoms. The minimum Gasteiger partial charge on any atom is -0.305 e. The molecule has 0 heterocycles. The Labute approximate surface area is 158 Å². The number of anilines is 1. The first-order valence-electron chi connectivity index (χ1n) is 9.05. The first-order chi connectivity index (χ1) is 13.0. The van der Waals surface area contributed by atoms with Crippen molar-refractivity contribution >= 4 is 27.9 Å². The Bertz CT molecular complexity index is 1040. The van der Waals surface area contributed by atoms with Crippen LogP contribution in [0.3, 0.4) is 0 Å². The van der Waals surface area contributed by atoms with Crippen LogP contribution < -0.4 is 10.5 Å². The van der Waals surface area contributed by atoms with Crippen molar-refractivity contribution in [2.45, 2.75) is 43.4 Å². The predicted molar refractivity (Wildman–Crippen MR) is 104 cm³/mol. The van der Waals surface area contributed by atoms with Gasteiger partial charge in [0.2, 0.25) is 0 Å². The van der Waals surface area contributed by atoms with E-state index in [4.69, 9.17) is 5.14 Å². The minimum absolute atomic E-state index is 0.158. The fourth-order valence-electron chi connectivity index (χ4n) is 4.04. The van der Waals surface area contributed by atoms with Crippen LogP contribution in [0.4, 0.5) is 10.5 Å². The maximum atomic E-state index is 12.8. The summed E-state index contributed by atoms with van der Waals surface area (Å²) in [6, 6.07) is 7.59. The molecule has 3 N–H and O–H groups in total. The Hall–Kier alpha value is -2.51. The molecule has 0 radical (unpaired) electrons. The third-order valence-corrected chi connectivity index (χ3v) is 6.62. The monoisotopic (exact) mass is 383 g/mol. The number of amides is 2. The summed E-state index contributed by atoms with van der Waals surface area (Å²) in [4.78, 5) is 23.6. The third-order valence-electron chi connectivity index (χ3n) is 5.26. The van der Waals surface area contributed by atoms with Gasteiger partial charge in [0, 0.05) is 11.3 Å². The molecule has 0 bridgehead atoms. The number of urea groups is 1. The van der Waals surface area contributed by atoms with Crippen LogP contribution in [0.5, 0.6) is 0 Å². The molecule has 1 atom stereocenters. The lowest BCUT2D eigenvalue weighted by atomic mass is 9.99. The van der Waals surface area contributed by atoms with Gasteiger partial charge in [0.25, 0.3) is 0 Å². The maximum absolute atomic E-state index is 12.8. The first kappa shape index (κ1) is 17.9. The summed E-state index contributed by atoms with van der Waals surface area (Å²) in [6.45, 7) is 0. The lowest BCUT2D eigenvalue weighted by Crippen LogP contribution is -2.19. The van der Waals surface area contributed by atoms with E-state index in [2.05, 4.69) is 15.7 Å². The summed E-state index contributed by atoms with van der Waals surface area (Å²) < 4.78 is 16.5. The lowest BCUT2D eigenvalue weighted by Gasteiger charge is -2.15. The Morgan fingerprint density at radius 1 is 1.07 bits per heavy atom. The van der Waals surface area contributed by atoms with Gasteiger partial charge in [-0.1, -0.05) is 18.2 Å². The zero-order chi connectivity index (χ0) is 19.0. The molecule has 27 heavy (non-hydrogen) atoms. The fourth-order valence-corrected chi connectivity index (χ4v) is 5.02. The lowest BCUT2D eigenvalue weighted by molar-refractivity contribution is 0.112. The second kappa shape index (κ2) is 6.90. The van der Waals surface area contributed by atoms with Gasteiger partial charge in [0.05, 0.1) is 4.90 Å². The number of hydrogen-bond donors (Lipinski definition) is 2. The molecule has 7 heteroatoms. The van der Waals surface area contributed by atoms with Crippen LogP contribution in [-0.4, -0.2) is 16.5 Å². The van der Waals surface area contributed by atoms with Crippen LogP contribution in [0.25, 0.3) is 0 Å². The van der Waals surface area contributed by atoms with Crippen molar-refractivity contribution in [2.24, 2.45) is 9.50 Å². The Morgan fingerprint density at radius 2 is 1.74 bits per heavy atom. The molecule has 0 saturated carbocycles. The van der Waals surface area contributed by atoms with Gasteiger partial charge in [0.15, 0.2) is 0 Å². The second-order valence-corrected chi connectivity index (χ2v) is 8.81. The van der Waals surface area contributed by atoms with E-state index in [0.717, 1.165) is 44.2 Å². The van der Waals surface area contributed by atoms with Crippen molar-refractivity contribution in [1.82, 2.24) is 0 Å². The average Bonchev–Trinajstić information content (AvgIpc) is 3.30. The predicted octanol–water partition coefficient (Wildman–Crippen LogP) is 3.41. The Morgan fingerprint density at radius 3 is 2.37 bits per heavy atom. The normalized spacial score (nSPS) is 16.9. The summed E-state index contributed by atoms with van der Waals surface area (Å²) in [5.41, 5.74) is 6.09. The number of nitrogens with two attached hydrogens (primary N) is 1. The zero-order valence-electron chi connectivity index (χ0n) is 14.9. The summed E-state index contributed by atoms with van der Waals surface area (Å²) in [5.74, 6) is 0. The molecule has 0 fully saturated rings. The van der Waals surface area contributed by atoms with E-state index >= 15 is 0 Å². The number of rotatable bonds is 3. The zero-order valence-corrected chi connectivity index (χ0v) is 15.7. The molecule has 2 aliphatic rings. The van der Waals surface area contributed by atoms with Gasteiger partial charge in [-0.05, 0) is 72.9 Å². The molecular formula is C20H21N3O3S. The molecule has 140 valence electrons. The number of nitrogens with one attached hydrogen (secondary N) is 1. The molecule has 6 nitrogen and oxygen atoms in total. The van der Waals surface area contributed by atoms with Gasteiger partial charge >= 0.3 is 6.03 Å². The van der Waals surface area contributed by atoms with E-state index < -0.39 is 15.9 Å². The highest BCUT2D eigenvalue weighted by atomic mass is 32.2. The average molecular weight is 383 g/mol. The van der Waals surface area contributed by atoms with E-state index in [9.17, 15) is 13.8 Å². The van der Waals surface area contributed by atoms with Gasteiger partial charge in [0.1, 0.15) is 16.2 Å². The number of carbonyl (C=O) groups excluding carboxylic acids is 2. The van der Waals surface area contributed by atoms with Crippen LogP contribution in [0, 0.1) is 0 Å². The standard InChI is InChI=1S/C20H21N3O3S/c21-27(26,16-7-1-4-13(10-16)12-24)23-20(25)22-19-17-8-2-5-14(17)11-15-6-3-9-18(15)19/h1,4,7,10-12H,2-3,5-6,8-9H2,(H3,21,22,23,25,26). The molecule has 1 unspecified atom stereocenters. The van der Waals surface area contributed by atoms with E-state index in [1.807, 2.05) is 0 Å². The summed E-state index contributed by atoms with van der Waals surface area (Å²) in [5, 5.41) is 8.69. The van der Waals surface area contributed by atoms with Crippen LogP contribution in [0.1, 0.15) is 45.5 Å². The van der Waals surface area contributed by atoms with Gasteiger partial charge in [-0.3, -0.25) is 4.79 Å². The molecule has 2 aliphatic carbocycles. The van der Waals surface area contributed by atoms with Crippen LogP contribution >= 0.6 is 0 Å². The second-order valence-electron chi connectivity index (χ2n) is 7.01. The maximum Gasteiger partial charge on any atom is 0.354 e. The fraction of sp³-hybridized carbons (Fsp3) is 0.300. The molecule has 4 rings (SSSR count). The van der Waals surface area contributed by atoms with E-state index in [-0.39, 0.29) is 4.90 Å². The molecule has 0 aliphatic heterocycles. The third kappa shape index (κ3) is 3.40. The van der Waals surface area contributed by atoms with Crippen LogP contribution in [0.2, 0.25) is 0 Å². The van der Waals surface area contributed by atoms with Crippen molar-refractivity contribution in [1.29, 1.82) is 0 Å². The van der Waals surface area contributed by atoms with Crippen molar-refractivity contribution < 1.29 is 13.8 Å². The molecule has 2 aromatic rings. The van der Waals surface area contributed by atoms with Gasteiger partial charge in [-0.2, -0.15) is 0 Å². The van der Waals surface area contributed by atoms with Gasteiger partial charge < -0.3 is 5.32 Å².